The number of halogens is 1. The first kappa shape index (κ1) is 17.2. The summed E-state index contributed by atoms with van der Waals surface area (Å²) < 4.78 is 10.2. The highest BCUT2D eigenvalue weighted by molar-refractivity contribution is 6.32. The van der Waals surface area contributed by atoms with Gasteiger partial charge in [-0.25, -0.2) is 0 Å². The third-order valence-corrected chi connectivity index (χ3v) is 3.05. The van der Waals surface area contributed by atoms with Gasteiger partial charge in [-0.3, -0.25) is 14.9 Å². The van der Waals surface area contributed by atoms with Crippen LogP contribution in [0.25, 0.3) is 0 Å². The van der Waals surface area contributed by atoms with Crippen LogP contribution in [0.15, 0.2) is 18.2 Å². The van der Waals surface area contributed by atoms with Crippen molar-refractivity contribution in [3.8, 4) is 5.75 Å². The van der Waals surface area contributed by atoms with E-state index in [1.165, 1.54) is 18.2 Å². The third-order valence-electron chi connectivity index (χ3n) is 2.75. The zero-order valence-electron chi connectivity index (χ0n) is 11.8. The molecular weight excluding hydrogens is 300 g/mol. The van der Waals surface area contributed by atoms with Gasteiger partial charge in [0, 0.05) is 18.6 Å². The van der Waals surface area contributed by atoms with Crippen molar-refractivity contribution < 1.29 is 19.2 Å². The molecule has 1 aromatic rings. The highest BCUT2D eigenvalue weighted by Crippen LogP contribution is 2.28. The Morgan fingerprint density at radius 3 is 2.71 bits per heavy atom. The Morgan fingerprint density at radius 2 is 2.19 bits per heavy atom. The number of nitrogens with two attached hydrogens (primary N) is 1. The Kier molecular flexibility index (Phi) is 5.92. The molecule has 0 amide bonds. The molecule has 1 unspecified atom stereocenters. The van der Waals surface area contributed by atoms with E-state index in [0.717, 1.165) is 0 Å². The molecule has 0 aliphatic heterocycles. The van der Waals surface area contributed by atoms with Gasteiger partial charge in [0.1, 0.15) is 16.3 Å². The van der Waals surface area contributed by atoms with Gasteiger partial charge in [-0.2, -0.15) is 0 Å². The van der Waals surface area contributed by atoms with Crippen LogP contribution < -0.4 is 10.5 Å². The lowest BCUT2D eigenvalue weighted by Gasteiger charge is -2.22. The summed E-state index contributed by atoms with van der Waals surface area (Å²) in [6.45, 7) is 3.66. The Labute approximate surface area is 127 Å². The largest absolute Gasteiger partial charge is 0.493 e. The first-order valence-electron chi connectivity index (χ1n) is 6.30. The molecule has 1 rings (SSSR count). The minimum atomic E-state index is -1.15. The molecule has 0 saturated heterocycles. The van der Waals surface area contributed by atoms with Crippen LogP contribution >= 0.6 is 11.6 Å². The van der Waals surface area contributed by atoms with Gasteiger partial charge in [0.25, 0.3) is 5.69 Å². The molecule has 116 valence electrons. The number of rotatable bonds is 7. The van der Waals surface area contributed by atoms with E-state index in [0.29, 0.717) is 5.75 Å². The lowest BCUT2D eigenvalue weighted by molar-refractivity contribution is -0.384. The molecule has 2 N–H and O–H groups in total. The van der Waals surface area contributed by atoms with Crippen molar-refractivity contribution in [1.82, 2.24) is 0 Å². The fraction of sp³-hybridized carbons (Fsp3) is 0.462. The Morgan fingerprint density at radius 1 is 1.52 bits per heavy atom. The maximum Gasteiger partial charge on any atom is 0.325 e. The number of hydrogen-bond acceptors (Lipinski definition) is 6. The first-order chi connectivity index (χ1) is 9.77. The molecule has 0 bridgehead atoms. The van der Waals surface area contributed by atoms with E-state index in [2.05, 4.69) is 0 Å². The van der Waals surface area contributed by atoms with E-state index in [-0.39, 0.29) is 30.3 Å². The van der Waals surface area contributed by atoms with Crippen molar-refractivity contribution in [2.24, 2.45) is 5.73 Å². The molecule has 7 nitrogen and oxygen atoms in total. The topological polar surface area (TPSA) is 105 Å². The third kappa shape index (κ3) is 4.87. The number of esters is 1. The van der Waals surface area contributed by atoms with Gasteiger partial charge in [-0.1, -0.05) is 11.6 Å². The Balaban J connectivity index is 2.58. The molecule has 1 atom stereocenters. The van der Waals surface area contributed by atoms with Crippen LogP contribution in [-0.4, -0.2) is 29.6 Å². The van der Waals surface area contributed by atoms with Crippen LogP contribution in [0.4, 0.5) is 5.69 Å². The molecule has 0 aliphatic rings. The molecule has 8 heteroatoms. The molecule has 0 saturated carbocycles. The van der Waals surface area contributed by atoms with Gasteiger partial charge in [-0.05, 0) is 19.9 Å². The standard InChI is InChI=1S/C13H17ClN2O5/c1-3-20-12(17)13(2,15)6-7-21-9-4-5-11(16(18)19)10(14)8-9/h4-5,8H,3,6-7,15H2,1-2H3. The minimum absolute atomic E-state index is 0.0154. The maximum absolute atomic E-state index is 11.6. The molecule has 0 heterocycles. The van der Waals surface area contributed by atoms with Gasteiger partial charge in [0.15, 0.2) is 0 Å². The average molecular weight is 317 g/mol. The van der Waals surface area contributed by atoms with Crippen molar-refractivity contribution in [2.45, 2.75) is 25.8 Å². The zero-order chi connectivity index (χ0) is 16.0. The number of benzene rings is 1. The Hall–Kier alpha value is -1.86. The Bertz CT molecular complexity index is 533. The molecule has 0 spiro atoms. The summed E-state index contributed by atoms with van der Waals surface area (Å²) in [5.74, 6) is -0.138. The normalized spacial score (nSPS) is 13.3. The van der Waals surface area contributed by atoms with Crippen molar-refractivity contribution >= 4 is 23.3 Å². The number of nitro groups is 1. The van der Waals surface area contributed by atoms with Crippen molar-refractivity contribution in [2.75, 3.05) is 13.2 Å². The number of hydrogen-bond donors (Lipinski definition) is 1. The monoisotopic (exact) mass is 316 g/mol. The van der Waals surface area contributed by atoms with Gasteiger partial charge in [0.2, 0.25) is 0 Å². The lowest BCUT2D eigenvalue weighted by Crippen LogP contribution is -2.47. The maximum atomic E-state index is 11.6. The highest BCUT2D eigenvalue weighted by atomic mass is 35.5. The number of nitrogens with zero attached hydrogens (tertiary/aromatic N) is 1. The smallest absolute Gasteiger partial charge is 0.325 e. The predicted octanol–water partition coefficient (Wildman–Crippen LogP) is 2.30. The summed E-state index contributed by atoms with van der Waals surface area (Å²) in [5.41, 5.74) is 4.49. The summed E-state index contributed by atoms with van der Waals surface area (Å²) >= 11 is 5.76. The van der Waals surface area contributed by atoms with E-state index >= 15 is 0 Å². The summed E-state index contributed by atoms with van der Waals surface area (Å²) in [7, 11) is 0. The summed E-state index contributed by atoms with van der Waals surface area (Å²) in [4.78, 5) is 21.6. The second-order valence-corrected chi connectivity index (χ2v) is 5.01. The number of ether oxygens (including phenoxy) is 2. The number of nitro benzene ring substituents is 1. The van der Waals surface area contributed by atoms with Gasteiger partial charge >= 0.3 is 5.97 Å². The van der Waals surface area contributed by atoms with E-state index < -0.39 is 16.4 Å². The summed E-state index contributed by atoms with van der Waals surface area (Å²) in [5, 5.41) is 10.6. The van der Waals surface area contributed by atoms with Crippen LogP contribution in [0.5, 0.6) is 5.75 Å². The molecule has 0 aliphatic carbocycles. The second-order valence-electron chi connectivity index (χ2n) is 4.61. The molecule has 1 aromatic carbocycles. The van der Waals surface area contributed by atoms with E-state index in [1.807, 2.05) is 0 Å². The van der Waals surface area contributed by atoms with Crippen molar-refractivity contribution in [3.05, 3.63) is 33.3 Å². The number of carbonyl (C=O) groups is 1. The van der Waals surface area contributed by atoms with Gasteiger partial charge in [-0.15, -0.1) is 0 Å². The second kappa shape index (κ2) is 7.24. The van der Waals surface area contributed by atoms with Crippen LogP contribution in [0.2, 0.25) is 5.02 Å². The highest BCUT2D eigenvalue weighted by Gasteiger charge is 2.29. The quantitative estimate of drug-likeness (QED) is 0.470. The predicted molar refractivity (Wildman–Crippen MR) is 77.4 cm³/mol. The van der Waals surface area contributed by atoms with Crippen molar-refractivity contribution in [1.29, 1.82) is 0 Å². The average Bonchev–Trinajstić information content (AvgIpc) is 2.38. The number of carbonyl (C=O) groups excluding carboxylic acids is 1. The summed E-state index contributed by atoms with van der Waals surface area (Å²) in [6, 6.07) is 4.03. The van der Waals surface area contributed by atoms with Crippen LogP contribution in [0.3, 0.4) is 0 Å². The molecular formula is C13H17ClN2O5. The fourth-order valence-electron chi connectivity index (χ4n) is 1.50. The fourth-order valence-corrected chi connectivity index (χ4v) is 1.74. The van der Waals surface area contributed by atoms with Crippen LogP contribution in [0, 0.1) is 10.1 Å². The first-order valence-corrected chi connectivity index (χ1v) is 6.68. The van der Waals surface area contributed by atoms with Crippen LogP contribution in [-0.2, 0) is 9.53 Å². The van der Waals surface area contributed by atoms with Crippen LogP contribution in [0.1, 0.15) is 20.3 Å². The summed E-state index contributed by atoms with van der Waals surface area (Å²) in [6.07, 6.45) is 0.237. The zero-order valence-corrected chi connectivity index (χ0v) is 12.6. The lowest BCUT2D eigenvalue weighted by atomic mass is 10.0. The van der Waals surface area contributed by atoms with E-state index in [4.69, 9.17) is 26.8 Å². The van der Waals surface area contributed by atoms with E-state index in [1.54, 1.807) is 13.8 Å². The van der Waals surface area contributed by atoms with E-state index in [9.17, 15) is 14.9 Å². The minimum Gasteiger partial charge on any atom is -0.493 e. The van der Waals surface area contributed by atoms with Gasteiger partial charge in [0.05, 0.1) is 18.1 Å². The molecule has 0 aromatic heterocycles. The van der Waals surface area contributed by atoms with Gasteiger partial charge < -0.3 is 15.2 Å². The SMILES string of the molecule is CCOC(=O)C(C)(N)CCOc1ccc([N+](=O)[O-])c(Cl)c1. The molecule has 0 fully saturated rings. The molecule has 21 heavy (non-hydrogen) atoms. The van der Waals surface area contributed by atoms with Crippen molar-refractivity contribution in [3.63, 3.8) is 0 Å². The molecule has 0 radical (unpaired) electrons.